The summed E-state index contributed by atoms with van der Waals surface area (Å²) in [5.41, 5.74) is 0. The second-order valence-electron chi connectivity index (χ2n) is 3.82. The summed E-state index contributed by atoms with van der Waals surface area (Å²) < 4.78 is 36.3. The minimum Gasteiger partial charge on any atom is -0.384 e. The van der Waals surface area contributed by atoms with Crippen molar-refractivity contribution in [1.29, 1.82) is 0 Å². The molecule has 0 aromatic rings. The number of alkyl halides is 3. The first-order valence-corrected chi connectivity index (χ1v) is 6.79. The minimum atomic E-state index is -4.50. The molecule has 0 aromatic carbocycles. The second-order valence-corrected chi connectivity index (χ2v) is 9.29. The summed E-state index contributed by atoms with van der Waals surface area (Å²) in [5.74, 6) is 0. The first-order chi connectivity index (χ1) is 4.50. The van der Waals surface area contributed by atoms with Crippen LogP contribution in [0.15, 0.2) is 0 Å². The van der Waals surface area contributed by atoms with Gasteiger partial charge >= 0.3 is 6.18 Å². The molecule has 0 aliphatic rings. The Bertz CT molecular complexity index is 129. The fourth-order valence-electron chi connectivity index (χ4n) is 0.425. The van der Waals surface area contributed by atoms with Gasteiger partial charge in [-0.25, -0.2) is 0 Å². The van der Waals surface area contributed by atoms with Crippen LogP contribution in [-0.2, 0) is 0 Å². The van der Waals surface area contributed by atoms with Crippen molar-refractivity contribution < 1.29 is 18.3 Å². The molecule has 0 aromatic heterocycles. The first kappa shape index (κ1) is 11.0. The van der Waals surface area contributed by atoms with Crippen LogP contribution in [-0.4, -0.2) is 24.6 Å². The molecule has 1 N–H and O–H groups in total. The molecule has 0 heterocycles. The molecule has 0 saturated heterocycles. The molecule has 1 unspecified atom stereocenters. The second kappa shape index (κ2) is 2.48. The van der Waals surface area contributed by atoms with E-state index in [4.69, 9.17) is 5.11 Å². The van der Waals surface area contributed by atoms with Crippen LogP contribution in [0, 0.1) is 0 Å². The molecule has 0 spiro atoms. The van der Waals surface area contributed by atoms with E-state index < -0.39 is 19.5 Å². The van der Waals surface area contributed by atoms with Gasteiger partial charge in [0.25, 0.3) is 0 Å². The van der Waals surface area contributed by atoms with Crippen molar-refractivity contribution in [2.45, 2.75) is 38.0 Å². The Morgan fingerprint density at radius 1 is 1.09 bits per heavy atom. The lowest BCUT2D eigenvalue weighted by Gasteiger charge is -2.36. The lowest BCUT2D eigenvalue weighted by molar-refractivity contribution is -0.222. The highest BCUT2D eigenvalue weighted by Crippen LogP contribution is 2.36. The van der Waals surface area contributed by atoms with E-state index in [0.717, 1.165) is 6.92 Å². The van der Waals surface area contributed by atoms with Crippen molar-refractivity contribution in [3.05, 3.63) is 0 Å². The lowest BCUT2D eigenvalue weighted by atomic mass is 10.4. The van der Waals surface area contributed by atoms with Gasteiger partial charge in [-0.05, 0) is 6.92 Å². The molecular weight excluding hydrogens is 173 g/mol. The van der Waals surface area contributed by atoms with Crippen LogP contribution >= 0.6 is 0 Å². The van der Waals surface area contributed by atoms with Gasteiger partial charge in [0.1, 0.15) is 5.22 Å². The normalized spacial score (nSPS) is 19.6. The molecular formula is C6H13F3OSi. The molecule has 0 bridgehead atoms. The molecule has 0 aliphatic heterocycles. The molecule has 1 nitrogen and oxygen atoms in total. The number of hydrogen-bond donors (Lipinski definition) is 1. The van der Waals surface area contributed by atoms with Crippen molar-refractivity contribution in [2.24, 2.45) is 0 Å². The standard InChI is InChI=1S/C6H13F3OSi/c1-5(10,6(7,8)9)11(2,3)4/h10H,1-4H3. The quantitative estimate of drug-likeness (QED) is 0.622. The van der Waals surface area contributed by atoms with Crippen molar-refractivity contribution in [2.75, 3.05) is 0 Å². The van der Waals surface area contributed by atoms with E-state index in [1.165, 1.54) is 19.6 Å². The highest BCUT2D eigenvalue weighted by molar-refractivity contribution is 6.79. The van der Waals surface area contributed by atoms with Crippen molar-refractivity contribution in [3.8, 4) is 0 Å². The van der Waals surface area contributed by atoms with Gasteiger partial charge in [0.05, 0.1) is 8.07 Å². The minimum absolute atomic E-state index is 0.846. The van der Waals surface area contributed by atoms with Crippen LogP contribution in [0.3, 0.4) is 0 Å². The van der Waals surface area contributed by atoms with Crippen LogP contribution in [0.25, 0.3) is 0 Å². The number of rotatable bonds is 1. The Balaban J connectivity index is 4.75. The van der Waals surface area contributed by atoms with Gasteiger partial charge in [0, 0.05) is 0 Å². The van der Waals surface area contributed by atoms with Gasteiger partial charge in [-0.3, -0.25) is 0 Å². The zero-order valence-electron chi connectivity index (χ0n) is 7.08. The van der Waals surface area contributed by atoms with E-state index in [-0.39, 0.29) is 0 Å². The van der Waals surface area contributed by atoms with Crippen molar-refractivity contribution in [3.63, 3.8) is 0 Å². The van der Waals surface area contributed by atoms with Crippen LogP contribution in [0.5, 0.6) is 0 Å². The number of hydrogen-bond acceptors (Lipinski definition) is 1. The fourth-order valence-corrected chi connectivity index (χ4v) is 1.28. The van der Waals surface area contributed by atoms with E-state index in [1.54, 1.807) is 0 Å². The summed E-state index contributed by atoms with van der Waals surface area (Å²) in [6.45, 7) is 5.31. The first-order valence-electron chi connectivity index (χ1n) is 3.29. The fraction of sp³-hybridized carbons (Fsp3) is 1.00. The van der Waals surface area contributed by atoms with Gasteiger partial charge < -0.3 is 5.11 Å². The molecule has 11 heavy (non-hydrogen) atoms. The summed E-state index contributed by atoms with van der Waals surface area (Å²) in [5, 5.41) is 6.64. The van der Waals surface area contributed by atoms with Crippen LogP contribution < -0.4 is 0 Å². The molecule has 0 fully saturated rings. The van der Waals surface area contributed by atoms with Gasteiger partial charge in [0.15, 0.2) is 0 Å². The van der Waals surface area contributed by atoms with Gasteiger partial charge in [0.2, 0.25) is 0 Å². The Labute approximate surface area is 65.2 Å². The molecule has 0 rings (SSSR count). The summed E-state index contributed by atoms with van der Waals surface area (Å²) in [4.78, 5) is 0. The van der Waals surface area contributed by atoms with E-state index in [0.29, 0.717) is 0 Å². The summed E-state index contributed by atoms with van der Waals surface area (Å²) >= 11 is 0. The monoisotopic (exact) mass is 186 g/mol. The maximum atomic E-state index is 12.1. The maximum absolute atomic E-state index is 12.1. The molecule has 1 atom stereocenters. The van der Waals surface area contributed by atoms with Crippen molar-refractivity contribution >= 4 is 8.07 Å². The summed E-state index contributed by atoms with van der Waals surface area (Å²) in [6, 6.07) is 0. The summed E-state index contributed by atoms with van der Waals surface area (Å²) in [6.07, 6.45) is -4.50. The third-order valence-electron chi connectivity index (χ3n) is 2.01. The van der Waals surface area contributed by atoms with Gasteiger partial charge in [-0.1, -0.05) is 19.6 Å². The molecule has 0 saturated carbocycles. The third kappa shape index (κ3) is 1.96. The van der Waals surface area contributed by atoms with Crippen LogP contribution in [0.2, 0.25) is 19.6 Å². The largest absolute Gasteiger partial charge is 0.413 e. The van der Waals surface area contributed by atoms with Crippen LogP contribution in [0.4, 0.5) is 13.2 Å². The van der Waals surface area contributed by atoms with E-state index in [1.807, 2.05) is 0 Å². The third-order valence-corrected chi connectivity index (χ3v) is 5.22. The van der Waals surface area contributed by atoms with Crippen molar-refractivity contribution in [1.82, 2.24) is 0 Å². The zero-order chi connectivity index (χ0) is 9.50. The Morgan fingerprint density at radius 2 is 1.36 bits per heavy atom. The zero-order valence-corrected chi connectivity index (χ0v) is 8.08. The van der Waals surface area contributed by atoms with E-state index in [9.17, 15) is 13.2 Å². The van der Waals surface area contributed by atoms with E-state index in [2.05, 4.69) is 0 Å². The number of aliphatic hydroxyl groups is 1. The molecule has 0 amide bonds. The topological polar surface area (TPSA) is 20.2 Å². The molecule has 0 radical (unpaired) electrons. The SMILES string of the molecule is CC(O)(C(F)(F)F)[Si](C)(C)C. The highest BCUT2D eigenvalue weighted by atomic mass is 28.3. The predicted molar refractivity (Wildman–Crippen MR) is 40.0 cm³/mol. The predicted octanol–water partition coefficient (Wildman–Crippen LogP) is 2.18. The Morgan fingerprint density at radius 3 is 1.36 bits per heavy atom. The molecule has 5 heteroatoms. The molecule has 68 valence electrons. The Hall–Kier alpha value is -0.0331. The number of halogens is 3. The molecule has 0 aliphatic carbocycles. The highest BCUT2D eigenvalue weighted by Gasteiger charge is 2.57. The average Bonchev–Trinajstić information content (AvgIpc) is 1.58. The van der Waals surface area contributed by atoms with Crippen LogP contribution in [0.1, 0.15) is 6.92 Å². The van der Waals surface area contributed by atoms with Gasteiger partial charge in [-0.2, -0.15) is 13.2 Å². The smallest absolute Gasteiger partial charge is 0.384 e. The van der Waals surface area contributed by atoms with E-state index >= 15 is 0 Å². The average molecular weight is 186 g/mol. The lowest BCUT2D eigenvalue weighted by Crippen LogP contribution is -2.59. The Kier molecular flexibility index (Phi) is 2.48. The maximum Gasteiger partial charge on any atom is 0.413 e. The summed E-state index contributed by atoms with van der Waals surface area (Å²) in [7, 11) is -2.59. The van der Waals surface area contributed by atoms with Gasteiger partial charge in [-0.15, -0.1) is 0 Å².